The Morgan fingerprint density at radius 1 is 1.33 bits per heavy atom. The Morgan fingerprint density at radius 3 is 2.81 bits per heavy atom. The second kappa shape index (κ2) is 9.71. The number of aliphatic hydroxyl groups excluding tert-OH is 1. The van der Waals surface area contributed by atoms with Crippen LogP contribution in [0, 0.1) is 0 Å². The molecule has 1 aliphatic carbocycles. The maximum Gasteiger partial charge on any atom is 0.166 e. The molecule has 1 fully saturated rings. The molecule has 3 rings (SSSR count). The molecule has 0 radical (unpaired) electrons. The first-order valence-corrected chi connectivity index (χ1v) is 9.15. The number of allylic oxidation sites excluding steroid dienone is 4. The lowest BCUT2D eigenvalue weighted by molar-refractivity contribution is -0.115. The lowest BCUT2D eigenvalue weighted by atomic mass is 9.91. The first-order chi connectivity index (χ1) is 12.9. The van der Waals surface area contributed by atoms with Crippen LogP contribution >= 0.6 is 0 Å². The van der Waals surface area contributed by atoms with E-state index in [4.69, 9.17) is 15.6 Å². The zero-order valence-electron chi connectivity index (χ0n) is 15.8. The van der Waals surface area contributed by atoms with Crippen LogP contribution in [0.3, 0.4) is 0 Å². The molecule has 0 saturated carbocycles. The van der Waals surface area contributed by atoms with Crippen molar-refractivity contribution in [1.82, 2.24) is 10.6 Å². The number of nitrogens with one attached hydrogen (secondary N) is 2. The van der Waals surface area contributed by atoms with Crippen LogP contribution in [0.5, 0.6) is 0 Å². The van der Waals surface area contributed by atoms with Gasteiger partial charge in [-0.15, -0.1) is 0 Å². The third-order valence-corrected chi connectivity index (χ3v) is 4.46. The van der Waals surface area contributed by atoms with Crippen molar-refractivity contribution in [2.45, 2.75) is 32.1 Å². The van der Waals surface area contributed by atoms with Crippen molar-refractivity contribution in [3.05, 3.63) is 71.6 Å². The van der Waals surface area contributed by atoms with Gasteiger partial charge in [0.25, 0.3) is 0 Å². The predicted molar refractivity (Wildman–Crippen MR) is 107 cm³/mol. The number of carbonyl (C=O) groups is 1. The van der Waals surface area contributed by atoms with Crippen LogP contribution in [-0.2, 0) is 9.53 Å². The number of carbonyl (C=O) groups excluding carboxylic acids is 1. The first kappa shape index (κ1) is 20.4. The minimum Gasteiger partial charge on any atom is -0.509 e. The number of ketones is 1. The number of dihydropyridines is 1. The quantitative estimate of drug-likeness (QED) is 0.348. The molecule has 146 valence electrons. The van der Waals surface area contributed by atoms with Gasteiger partial charge in [-0.2, -0.15) is 0 Å². The third kappa shape index (κ3) is 6.40. The second-order valence-corrected chi connectivity index (χ2v) is 6.75. The van der Waals surface area contributed by atoms with Crippen LogP contribution in [0.15, 0.2) is 71.6 Å². The van der Waals surface area contributed by atoms with E-state index in [1.807, 2.05) is 0 Å². The summed E-state index contributed by atoms with van der Waals surface area (Å²) in [6.07, 6.45) is 8.22. The Bertz CT molecular complexity index is 729. The van der Waals surface area contributed by atoms with Crippen molar-refractivity contribution in [3.8, 4) is 0 Å². The van der Waals surface area contributed by atoms with Crippen molar-refractivity contribution in [3.63, 3.8) is 0 Å². The van der Waals surface area contributed by atoms with E-state index in [1.54, 1.807) is 0 Å². The zero-order valence-corrected chi connectivity index (χ0v) is 15.8. The minimum absolute atomic E-state index is 0.0436. The second-order valence-electron chi connectivity index (χ2n) is 6.75. The van der Waals surface area contributed by atoms with E-state index < -0.39 is 0 Å². The van der Waals surface area contributed by atoms with Gasteiger partial charge in [0.2, 0.25) is 0 Å². The van der Waals surface area contributed by atoms with Gasteiger partial charge in [0.05, 0.1) is 11.4 Å². The Balaban J connectivity index is 1.83. The fraction of sp³-hybridized carbons (Fsp3) is 0.381. The molecule has 6 nitrogen and oxygen atoms in total. The van der Waals surface area contributed by atoms with Crippen molar-refractivity contribution in [2.75, 3.05) is 19.7 Å². The van der Waals surface area contributed by atoms with Crippen LogP contribution in [0.25, 0.3) is 0 Å². The van der Waals surface area contributed by atoms with E-state index >= 15 is 0 Å². The summed E-state index contributed by atoms with van der Waals surface area (Å²) in [6, 6.07) is 0. The number of nitrogens with two attached hydrogens (primary N) is 1. The standard InChI is InChI=1S/C21H29N3O3/c1-14(25)13-27-15(2)10-19(22)16(3)23-9-8-21(26)18-11-17-6-4-5-7-20(18)24-12-17/h10-11,23-25H,1-9,12-13,22H2/b19-10+. The number of hydrogen-bond donors (Lipinski definition) is 4. The number of fused-ring (bicyclic) bond motifs is 5. The van der Waals surface area contributed by atoms with Gasteiger partial charge >= 0.3 is 0 Å². The SMILES string of the molecule is C=C(O)COC(=C)/C=C(/N)C(=C)NCCC(=O)C1=C2CCCCC(=C1)CN2. The largest absolute Gasteiger partial charge is 0.509 e. The average molecular weight is 371 g/mol. The van der Waals surface area contributed by atoms with E-state index in [-0.39, 0.29) is 23.9 Å². The molecule has 2 heterocycles. The summed E-state index contributed by atoms with van der Waals surface area (Å²) in [4.78, 5) is 12.6. The lowest BCUT2D eigenvalue weighted by Gasteiger charge is -2.25. The molecule has 0 amide bonds. The molecule has 2 bridgehead atoms. The molecule has 0 aromatic heterocycles. The number of Topliss-reactive ketones (excluding diaryl/α,β-unsaturated/α-hetero) is 1. The molecule has 1 saturated heterocycles. The summed E-state index contributed by atoms with van der Waals surface area (Å²) < 4.78 is 5.15. The minimum atomic E-state index is -0.0960. The van der Waals surface area contributed by atoms with Crippen LogP contribution in [0.4, 0.5) is 0 Å². The van der Waals surface area contributed by atoms with Crippen LogP contribution in [0.1, 0.15) is 32.1 Å². The highest BCUT2D eigenvalue weighted by molar-refractivity contribution is 5.99. The van der Waals surface area contributed by atoms with Crippen molar-refractivity contribution in [2.24, 2.45) is 5.73 Å². The van der Waals surface area contributed by atoms with Gasteiger partial charge in [0, 0.05) is 36.9 Å². The summed E-state index contributed by atoms with van der Waals surface area (Å²) in [6.45, 7) is 12.1. The Kier molecular flexibility index (Phi) is 7.34. The van der Waals surface area contributed by atoms with E-state index in [0.717, 1.165) is 37.1 Å². The highest BCUT2D eigenvalue weighted by Gasteiger charge is 2.20. The fourth-order valence-electron chi connectivity index (χ4n) is 2.99. The molecule has 0 aromatic rings. The van der Waals surface area contributed by atoms with Crippen LogP contribution < -0.4 is 16.4 Å². The van der Waals surface area contributed by atoms with E-state index in [1.165, 1.54) is 18.1 Å². The van der Waals surface area contributed by atoms with Crippen molar-refractivity contribution in [1.29, 1.82) is 0 Å². The fourth-order valence-corrected chi connectivity index (χ4v) is 2.99. The van der Waals surface area contributed by atoms with Gasteiger partial charge in [-0.1, -0.05) is 25.3 Å². The maximum absolute atomic E-state index is 12.6. The van der Waals surface area contributed by atoms with Gasteiger partial charge in [-0.05, 0) is 31.8 Å². The van der Waals surface area contributed by atoms with Crippen LogP contribution in [0.2, 0.25) is 0 Å². The van der Waals surface area contributed by atoms with Gasteiger partial charge in [0.1, 0.15) is 18.1 Å². The maximum atomic E-state index is 12.6. The topological polar surface area (TPSA) is 96.6 Å². The Labute approximate surface area is 160 Å². The summed E-state index contributed by atoms with van der Waals surface area (Å²) >= 11 is 0. The molecular formula is C21H29N3O3. The molecule has 0 atom stereocenters. The molecule has 2 aliphatic heterocycles. The highest BCUT2D eigenvalue weighted by atomic mass is 16.5. The molecule has 3 aliphatic rings. The number of rotatable bonds is 10. The summed E-state index contributed by atoms with van der Waals surface area (Å²) in [7, 11) is 0. The molecule has 27 heavy (non-hydrogen) atoms. The van der Waals surface area contributed by atoms with Crippen LogP contribution in [-0.4, -0.2) is 30.6 Å². The smallest absolute Gasteiger partial charge is 0.166 e. The molecule has 0 unspecified atom stereocenters. The van der Waals surface area contributed by atoms with Gasteiger partial charge in [-0.25, -0.2) is 0 Å². The zero-order chi connectivity index (χ0) is 19.8. The third-order valence-electron chi connectivity index (χ3n) is 4.46. The Morgan fingerprint density at radius 2 is 2.07 bits per heavy atom. The van der Waals surface area contributed by atoms with E-state index in [0.29, 0.717) is 24.4 Å². The first-order valence-electron chi connectivity index (χ1n) is 9.15. The molecule has 0 spiro atoms. The number of hydrogen-bond acceptors (Lipinski definition) is 6. The molecule has 6 heteroatoms. The number of aliphatic hydroxyl groups is 1. The monoisotopic (exact) mass is 371 g/mol. The average Bonchev–Trinajstić information content (AvgIpc) is 2.59. The van der Waals surface area contributed by atoms with Gasteiger partial charge in [-0.3, -0.25) is 4.79 Å². The van der Waals surface area contributed by atoms with Gasteiger partial charge in [0.15, 0.2) is 5.78 Å². The Hall–Kier alpha value is -2.89. The highest BCUT2D eigenvalue weighted by Crippen LogP contribution is 2.26. The summed E-state index contributed by atoms with van der Waals surface area (Å²) in [5, 5.41) is 15.5. The molecule has 5 N–H and O–H groups in total. The molecular weight excluding hydrogens is 342 g/mol. The van der Waals surface area contributed by atoms with Gasteiger partial charge < -0.3 is 26.2 Å². The van der Waals surface area contributed by atoms with Crippen molar-refractivity contribution >= 4 is 5.78 Å². The summed E-state index contributed by atoms with van der Waals surface area (Å²) in [5.41, 5.74) is 9.96. The predicted octanol–water partition coefficient (Wildman–Crippen LogP) is 2.85. The normalized spacial score (nSPS) is 16.6. The number of ether oxygens (including phenoxy) is 1. The van der Waals surface area contributed by atoms with E-state index in [9.17, 15) is 4.79 Å². The van der Waals surface area contributed by atoms with E-state index in [2.05, 4.69) is 36.4 Å². The molecule has 0 aromatic carbocycles. The van der Waals surface area contributed by atoms with Crippen molar-refractivity contribution < 1.29 is 14.6 Å². The lowest BCUT2D eigenvalue weighted by Crippen LogP contribution is -2.28. The summed E-state index contributed by atoms with van der Waals surface area (Å²) in [5.74, 6) is 0.312.